The maximum atomic E-state index is 11.8. The van der Waals surface area contributed by atoms with Gasteiger partial charge in [0.1, 0.15) is 5.54 Å². The fraction of sp³-hybridized carbons (Fsp3) is 0.923. The van der Waals surface area contributed by atoms with Crippen LogP contribution in [0, 0.1) is 0 Å². The number of hydrogen-bond acceptors (Lipinski definition) is 5. The van der Waals surface area contributed by atoms with Crippen LogP contribution in [0.2, 0.25) is 0 Å². The predicted octanol–water partition coefficient (Wildman–Crippen LogP) is 0.886. The van der Waals surface area contributed by atoms with Crippen LogP contribution in [-0.2, 0) is 14.3 Å². The van der Waals surface area contributed by atoms with E-state index >= 15 is 0 Å². The van der Waals surface area contributed by atoms with Crippen LogP contribution in [0.25, 0.3) is 0 Å². The molecule has 108 valence electrons. The van der Waals surface area contributed by atoms with Gasteiger partial charge in [-0.25, -0.2) is 0 Å². The van der Waals surface area contributed by atoms with Crippen LogP contribution in [0.5, 0.6) is 0 Å². The van der Waals surface area contributed by atoms with E-state index in [4.69, 9.17) is 9.47 Å². The molecule has 0 heterocycles. The van der Waals surface area contributed by atoms with Crippen LogP contribution in [-0.4, -0.2) is 63.4 Å². The van der Waals surface area contributed by atoms with Gasteiger partial charge in [0, 0.05) is 19.7 Å². The molecule has 1 N–H and O–H groups in total. The zero-order chi connectivity index (χ0) is 14.0. The normalized spacial score (nSPS) is 14.6. The molecule has 0 fully saturated rings. The van der Waals surface area contributed by atoms with Crippen LogP contribution in [0.1, 0.15) is 27.2 Å². The molecule has 0 aliphatic carbocycles. The number of ether oxygens (including phenoxy) is 2. The first-order chi connectivity index (χ1) is 8.50. The fourth-order valence-corrected chi connectivity index (χ4v) is 1.51. The van der Waals surface area contributed by atoms with E-state index in [1.54, 1.807) is 7.05 Å². The van der Waals surface area contributed by atoms with Crippen molar-refractivity contribution in [3.05, 3.63) is 0 Å². The van der Waals surface area contributed by atoms with Gasteiger partial charge in [0.15, 0.2) is 0 Å². The molecule has 1 atom stereocenters. The summed E-state index contributed by atoms with van der Waals surface area (Å²) in [5, 5.41) is 3.05. The summed E-state index contributed by atoms with van der Waals surface area (Å²) in [7, 11) is 3.82. The lowest BCUT2D eigenvalue weighted by atomic mass is 9.98. The van der Waals surface area contributed by atoms with Crippen LogP contribution in [0.4, 0.5) is 0 Å². The van der Waals surface area contributed by atoms with Crippen molar-refractivity contribution in [1.82, 2.24) is 10.2 Å². The SMILES string of the molecule is CCOCCN(C)CCC(C)(NC)C(=O)OCC. The highest BCUT2D eigenvalue weighted by Crippen LogP contribution is 2.12. The van der Waals surface area contributed by atoms with Crippen LogP contribution < -0.4 is 5.32 Å². The molecule has 0 spiro atoms. The summed E-state index contributed by atoms with van der Waals surface area (Å²) in [6, 6.07) is 0. The average molecular weight is 260 g/mol. The van der Waals surface area contributed by atoms with Gasteiger partial charge < -0.3 is 19.7 Å². The summed E-state index contributed by atoms with van der Waals surface area (Å²) < 4.78 is 10.4. The van der Waals surface area contributed by atoms with Gasteiger partial charge in [-0.3, -0.25) is 4.79 Å². The minimum atomic E-state index is -0.615. The Balaban J connectivity index is 4.08. The second-order valence-corrected chi connectivity index (χ2v) is 4.55. The van der Waals surface area contributed by atoms with Gasteiger partial charge in [0.05, 0.1) is 13.2 Å². The first-order valence-corrected chi connectivity index (χ1v) is 6.62. The molecular formula is C13H28N2O3. The average Bonchev–Trinajstić information content (AvgIpc) is 2.36. The molecule has 0 rings (SSSR count). The number of rotatable bonds is 10. The molecule has 5 nitrogen and oxygen atoms in total. The zero-order valence-electron chi connectivity index (χ0n) is 12.4. The Hall–Kier alpha value is -0.650. The molecular weight excluding hydrogens is 232 g/mol. The van der Waals surface area contributed by atoms with Gasteiger partial charge >= 0.3 is 5.97 Å². The molecule has 0 aromatic heterocycles. The van der Waals surface area contributed by atoms with Crippen molar-refractivity contribution >= 4 is 5.97 Å². The second kappa shape index (κ2) is 9.30. The highest BCUT2D eigenvalue weighted by molar-refractivity contribution is 5.80. The van der Waals surface area contributed by atoms with Crippen molar-refractivity contribution in [2.75, 3.05) is 47.0 Å². The minimum Gasteiger partial charge on any atom is -0.465 e. The lowest BCUT2D eigenvalue weighted by Gasteiger charge is -2.29. The standard InChI is InChI=1S/C13H28N2O3/c1-6-17-11-10-15(5)9-8-13(3,14-4)12(16)18-7-2/h14H,6-11H2,1-5H3. The van der Waals surface area contributed by atoms with Crippen molar-refractivity contribution in [2.45, 2.75) is 32.7 Å². The second-order valence-electron chi connectivity index (χ2n) is 4.55. The van der Waals surface area contributed by atoms with Gasteiger partial charge in [0.2, 0.25) is 0 Å². The lowest BCUT2D eigenvalue weighted by molar-refractivity contribution is -0.150. The third-order valence-electron chi connectivity index (χ3n) is 3.09. The van der Waals surface area contributed by atoms with E-state index in [1.807, 2.05) is 27.8 Å². The molecule has 0 aromatic carbocycles. The number of hydrogen-bond donors (Lipinski definition) is 1. The van der Waals surface area contributed by atoms with Gasteiger partial charge in [-0.15, -0.1) is 0 Å². The van der Waals surface area contributed by atoms with E-state index in [2.05, 4.69) is 10.2 Å². The van der Waals surface area contributed by atoms with Crippen molar-refractivity contribution < 1.29 is 14.3 Å². The molecule has 0 saturated carbocycles. The van der Waals surface area contributed by atoms with E-state index in [1.165, 1.54) is 0 Å². The van der Waals surface area contributed by atoms with Crippen molar-refractivity contribution in [2.24, 2.45) is 0 Å². The molecule has 0 bridgehead atoms. The van der Waals surface area contributed by atoms with E-state index in [0.717, 1.165) is 26.3 Å². The van der Waals surface area contributed by atoms with Crippen molar-refractivity contribution in [3.8, 4) is 0 Å². The van der Waals surface area contributed by atoms with E-state index in [9.17, 15) is 4.79 Å². The summed E-state index contributed by atoms with van der Waals surface area (Å²) in [5.41, 5.74) is -0.615. The van der Waals surface area contributed by atoms with Gasteiger partial charge in [-0.05, 0) is 41.3 Å². The summed E-state index contributed by atoms with van der Waals surface area (Å²) >= 11 is 0. The predicted molar refractivity (Wildman–Crippen MR) is 72.7 cm³/mol. The Morgan fingerprint density at radius 3 is 2.44 bits per heavy atom. The molecule has 5 heteroatoms. The number of esters is 1. The zero-order valence-corrected chi connectivity index (χ0v) is 12.4. The monoisotopic (exact) mass is 260 g/mol. The summed E-state index contributed by atoms with van der Waals surface area (Å²) in [5.74, 6) is -0.189. The third kappa shape index (κ3) is 6.33. The van der Waals surface area contributed by atoms with E-state index in [0.29, 0.717) is 13.0 Å². The number of nitrogens with one attached hydrogen (secondary N) is 1. The Bertz CT molecular complexity index is 236. The summed E-state index contributed by atoms with van der Waals surface area (Å²) in [4.78, 5) is 14.0. The van der Waals surface area contributed by atoms with Crippen LogP contribution in [0.3, 0.4) is 0 Å². The number of carbonyl (C=O) groups is 1. The highest BCUT2D eigenvalue weighted by Gasteiger charge is 2.32. The largest absolute Gasteiger partial charge is 0.465 e. The Kier molecular flexibility index (Phi) is 8.97. The third-order valence-corrected chi connectivity index (χ3v) is 3.09. The quantitative estimate of drug-likeness (QED) is 0.467. The topological polar surface area (TPSA) is 50.8 Å². The van der Waals surface area contributed by atoms with E-state index in [-0.39, 0.29) is 5.97 Å². The maximum absolute atomic E-state index is 11.8. The molecule has 0 aliphatic rings. The smallest absolute Gasteiger partial charge is 0.326 e. The number of carbonyl (C=O) groups excluding carboxylic acids is 1. The Morgan fingerprint density at radius 2 is 1.94 bits per heavy atom. The molecule has 18 heavy (non-hydrogen) atoms. The van der Waals surface area contributed by atoms with Gasteiger partial charge in [-0.2, -0.15) is 0 Å². The maximum Gasteiger partial charge on any atom is 0.326 e. The lowest BCUT2D eigenvalue weighted by Crippen LogP contribution is -2.50. The molecule has 0 saturated heterocycles. The van der Waals surface area contributed by atoms with E-state index < -0.39 is 5.54 Å². The molecule has 0 amide bonds. The molecule has 0 aliphatic heterocycles. The van der Waals surface area contributed by atoms with Crippen molar-refractivity contribution in [3.63, 3.8) is 0 Å². The number of nitrogens with zero attached hydrogens (tertiary/aromatic N) is 1. The first-order valence-electron chi connectivity index (χ1n) is 6.62. The van der Waals surface area contributed by atoms with Crippen molar-refractivity contribution in [1.29, 1.82) is 0 Å². The Morgan fingerprint density at radius 1 is 1.28 bits per heavy atom. The van der Waals surface area contributed by atoms with Gasteiger partial charge in [0.25, 0.3) is 0 Å². The minimum absolute atomic E-state index is 0.189. The molecule has 1 unspecified atom stereocenters. The highest BCUT2D eigenvalue weighted by atomic mass is 16.5. The first kappa shape index (κ1) is 17.4. The van der Waals surface area contributed by atoms with Crippen LogP contribution >= 0.6 is 0 Å². The molecule has 0 radical (unpaired) electrons. The summed E-state index contributed by atoms with van der Waals surface area (Å²) in [6.45, 7) is 9.26. The fourth-order valence-electron chi connectivity index (χ4n) is 1.51. The molecule has 0 aromatic rings. The summed E-state index contributed by atoms with van der Waals surface area (Å²) in [6.07, 6.45) is 0.713. The van der Waals surface area contributed by atoms with Crippen LogP contribution in [0.15, 0.2) is 0 Å². The number of likely N-dealkylation sites (N-methyl/N-ethyl adjacent to an activating group) is 2. The Labute approximate surface area is 111 Å². The van der Waals surface area contributed by atoms with Gasteiger partial charge in [-0.1, -0.05) is 0 Å².